The summed E-state index contributed by atoms with van der Waals surface area (Å²) in [7, 11) is 0. The summed E-state index contributed by atoms with van der Waals surface area (Å²) in [6.45, 7) is 9.47. The number of piperidine rings is 1. The van der Waals surface area contributed by atoms with Crippen molar-refractivity contribution >= 4 is 5.69 Å². The smallest absolute Gasteiger partial charge is 0.132 e. The van der Waals surface area contributed by atoms with E-state index in [0.29, 0.717) is 24.2 Å². The third-order valence-corrected chi connectivity index (χ3v) is 4.38. The summed E-state index contributed by atoms with van der Waals surface area (Å²) in [6, 6.07) is 2.92. The van der Waals surface area contributed by atoms with Gasteiger partial charge in [-0.2, -0.15) is 0 Å². The zero-order valence-corrected chi connectivity index (χ0v) is 12.1. The first-order valence-corrected chi connectivity index (χ1v) is 7.43. The normalized spacial score (nSPS) is 22.6. The van der Waals surface area contributed by atoms with Gasteiger partial charge in [-0.05, 0) is 37.8 Å². The molecule has 1 atom stereocenters. The third-order valence-electron chi connectivity index (χ3n) is 4.38. The molecule has 1 aromatic rings. The van der Waals surface area contributed by atoms with Gasteiger partial charge in [0, 0.05) is 41.7 Å². The molecule has 0 bridgehead atoms. The van der Waals surface area contributed by atoms with Gasteiger partial charge in [0.2, 0.25) is 0 Å². The lowest BCUT2D eigenvalue weighted by Gasteiger charge is -2.29. The molecule has 2 aliphatic heterocycles. The Morgan fingerprint density at radius 2 is 1.71 bits per heavy atom. The summed E-state index contributed by atoms with van der Waals surface area (Å²) in [5, 5.41) is 3.02. The molecule has 1 aromatic carbocycles. The van der Waals surface area contributed by atoms with Crippen LogP contribution in [-0.4, -0.2) is 13.1 Å². The molecular weight excluding hydrogens is 270 g/mol. The number of halogens is 2. The molecule has 4 heteroatoms. The van der Waals surface area contributed by atoms with Crippen LogP contribution >= 0.6 is 0 Å². The number of hydrogen-bond donors (Lipinski definition) is 1. The summed E-state index contributed by atoms with van der Waals surface area (Å²) in [6.07, 6.45) is 3.50. The zero-order valence-electron chi connectivity index (χ0n) is 12.1. The fraction of sp³-hybridized carbons (Fsp3) is 0.412. The molecule has 2 heterocycles. The Labute approximate surface area is 124 Å². The molecule has 2 fully saturated rings. The third kappa shape index (κ3) is 2.67. The van der Waals surface area contributed by atoms with Gasteiger partial charge in [0.1, 0.15) is 11.6 Å². The van der Waals surface area contributed by atoms with Crippen LogP contribution in [-0.2, 0) is 0 Å². The number of allylic oxidation sites excluding steroid dienone is 2. The molecule has 0 aromatic heterocycles. The Morgan fingerprint density at radius 3 is 2.29 bits per heavy atom. The Kier molecular flexibility index (Phi) is 3.70. The Balaban J connectivity index is 1.92. The fourth-order valence-electron chi connectivity index (χ4n) is 3.25. The number of rotatable bonds is 2. The molecule has 112 valence electrons. The lowest BCUT2D eigenvalue weighted by Crippen LogP contribution is -2.25. The summed E-state index contributed by atoms with van der Waals surface area (Å²) >= 11 is 0. The van der Waals surface area contributed by atoms with Crippen LogP contribution in [0.2, 0.25) is 0 Å². The van der Waals surface area contributed by atoms with Gasteiger partial charge in [0.25, 0.3) is 0 Å². The molecule has 3 rings (SSSR count). The van der Waals surface area contributed by atoms with E-state index < -0.39 is 11.6 Å². The van der Waals surface area contributed by atoms with Crippen molar-refractivity contribution < 1.29 is 8.78 Å². The highest BCUT2D eigenvalue weighted by Crippen LogP contribution is 2.37. The molecular formula is C17H20F2N2. The second-order valence-electron chi connectivity index (χ2n) is 5.86. The standard InChI is InChI=1S/C17H20F2N2/c1-11-5-6-14(12(2)20-11)17-15(18)9-13(10-16(17)19)21-7-3-4-8-21/h9-10,14,20H,1-8H2. The highest BCUT2D eigenvalue weighted by Gasteiger charge is 2.27. The van der Waals surface area contributed by atoms with Crippen LogP contribution < -0.4 is 10.2 Å². The molecule has 0 radical (unpaired) electrons. The average molecular weight is 290 g/mol. The molecule has 0 aliphatic carbocycles. The molecule has 2 nitrogen and oxygen atoms in total. The molecule has 0 amide bonds. The van der Waals surface area contributed by atoms with E-state index in [0.717, 1.165) is 31.6 Å². The van der Waals surface area contributed by atoms with Crippen LogP contribution in [0.1, 0.15) is 37.2 Å². The van der Waals surface area contributed by atoms with Gasteiger partial charge in [-0.25, -0.2) is 8.78 Å². The molecule has 0 spiro atoms. The van der Waals surface area contributed by atoms with Crippen molar-refractivity contribution in [3.8, 4) is 0 Å². The molecule has 1 N–H and O–H groups in total. The number of anilines is 1. The molecule has 2 aliphatic rings. The molecule has 1 unspecified atom stereocenters. The van der Waals surface area contributed by atoms with Crippen LogP contribution in [0.5, 0.6) is 0 Å². The monoisotopic (exact) mass is 290 g/mol. The average Bonchev–Trinajstić information content (AvgIpc) is 2.94. The zero-order chi connectivity index (χ0) is 15.0. The first-order chi connectivity index (χ1) is 10.1. The largest absolute Gasteiger partial charge is 0.371 e. The van der Waals surface area contributed by atoms with Crippen LogP contribution in [0.3, 0.4) is 0 Å². The van der Waals surface area contributed by atoms with Crippen molar-refractivity contribution in [3.63, 3.8) is 0 Å². The molecule has 21 heavy (non-hydrogen) atoms. The summed E-state index contributed by atoms with van der Waals surface area (Å²) < 4.78 is 28.9. The predicted molar refractivity (Wildman–Crippen MR) is 81.2 cm³/mol. The van der Waals surface area contributed by atoms with E-state index in [4.69, 9.17) is 0 Å². The van der Waals surface area contributed by atoms with Gasteiger partial charge < -0.3 is 10.2 Å². The Morgan fingerprint density at radius 1 is 1.10 bits per heavy atom. The Bertz CT molecular complexity index is 565. The quantitative estimate of drug-likeness (QED) is 0.883. The van der Waals surface area contributed by atoms with Crippen LogP contribution in [0.4, 0.5) is 14.5 Å². The number of benzene rings is 1. The summed E-state index contributed by atoms with van der Waals surface area (Å²) in [5.74, 6) is -1.28. The lowest BCUT2D eigenvalue weighted by molar-refractivity contribution is 0.502. The van der Waals surface area contributed by atoms with Gasteiger partial charge >= 0.3 is 0 Å². The van der Waals surface area contributed by atoms with E-state index in [9.17, 15) is 8.78 Å². The van der Waals surface area contributed by atoms with E-state index in [1.807, 2.05) is 4.90 Å². The van der Waals surface area contributed by atoms with Crippen molar-refractivity contribution in [1.82, 2.24) is 5.32 Å². The van der Waals surface area contributed by atoms with Crippen LogP contribution in [0.15, 0.2) is 36.7 Å². The minimum atomic E-state index is -0.475. The number of nitrogens with zero attached hydrogens (tertiary/aromatic N) is 1. The van der Waals surface area contributed by atoms with Gasteiger partial charge in [0.15, 0.2) is 0 Å². The van der Waals surface area contributed by atoms with Crippen LogP contribution in [0, 0.1) is 11.6 Å². The van der Waals surface area contributed by atoms with Gasteiger partial charge in [0.05, 0.1) is 0 Å². The maximum Gasteiger partial charge on any atom is 0.132 e. The first-order valence-electron chi connectivity index (χ1n) is 7.43. The second kappa shape index (κ2) is 5.51. The van der Waals surface area contributed by atoms with Crippen LogP contribution in [0.25, 0.3) is 0 Å². The van der Waals surface area contributed by atoms with Crippen molar-refractivity contribution in [2.75, 3.05) is 18.0 Å². The van der Waals surface area contributed by atoms with Crippen molar-refractivity contribution in [2.45, 2.75) is 31.6 Å². The maximum atomic E-state index is 14.5. The van der Waals surface area contributed by atoms with Crippen molar-refractivity contribution in [2.24, 2.45) is 0 Å². The van der Waals surface area contributed by atoms with Gasteiger partial charge in [-0.15, -0.1) is 0 Å². The number of nitrogens with one attached hydrogen (secondary N) is 1. The highest BCUT2D eigenvalue weighted by molar-refractivity contribution is 5.51. The minimum absolute atomic E-state index is 0.128. The fourth-order valence-corrected chi connectivity index (χ4v) is 3.25. The van der Waals surface area contributed by atoms with E-state index in [1.165, 1.54) is 12.1 Å². The van der Waals surface area contributed by atoms with E-state index in [2.05, 4.69) is 18.5 Å². The minimum Gasteiger partial charge on any atom is -0.371 e. The summed E-state index contributed by atoms with van der Waals surface area (Å²) in [4.78, 5) is 2.03. The van der Waals surface area contributed by atoms with Crippen molar-refractivity contribution in [3.05, 3.63) is 53.9 Å². The lowest BCUT2D eigenvalue weighted by atomic mass is 9.87. The topological polar surface area (TPSA) is 15.3 Å². The second-order valence-corrected chi connectivity index (χ2v) is 5.86. The molecule has 2 saturated heterocycles. The van der Waals surface area contributed by atoms with E-state index in [-0.39, 0.29) is 11.5 Å². The molecule has 0 saturated carbocycles. The first kappa shape index (κ1) is 14.1. The summed E-state index contributed by atoms with van der Waals surface area (Å²) in [5.41, 5.74) is 2.25. The van der Waals surface area contributed by atoms with Gasteiger partial charge in [-0.1, -0.05) is 13.2 Å². The highest BCUT2D eigenvalue weighted by atomic mass is 19.1. The van der Waals surface area contributed by atoms with E-state index >= 15 is 0 Å². The van der Waals surface area contributed by atoms with Gasteiger partial charge in [-0.3, -0.25) is 0 Å². The Hall–Kier alpha value is -1.84. The predicted octanol–water partition coefficient (Wildman–Crippen LogP) is 4.06. The SMILES string of the molecule is C=C1CCC(c2c(F)cc(N3CCCC3)cc2F)C(=C)N1. The van der Waals surface area contributed by atoms with Crippen molar-refractivity contribution in [1.29, 1.82) is 0 Å². The number of hydrogen-bond acceptors (Lipinski definition) is 2. The maximum absolute atomic E-state index is 14.5. The van der Waals surface area contributed by atoms with E-state index in [1.54, 1.807) is 0 Å².